The second kappa shape index (κ2) is 20.1. The lowest BCUT2D eigenvalue weighted by atomic mass is 9.92. The van der Waals surface area contributed by atoms with Crippen LogP contribution >= 0.6 is 0 Å². The number of allylic oxidation sites excluding steroid dienone is 1. The van der Waals surface area contributed by atoms with Gasteiger partial charge in [0.05, 0.1) is 13.5 Å². The van der Waals surface area contributed by atoms with Gasteiger partial charge in [-0.3, -0.25) is 4.79 Å². The minimum Gasteiger partial charge on any atom is -0.497 e. The predicted octanol–water partition coefficient (Wildman–Crippen LogP) is 8.36. The van der Waals surface area contributed by atoms with E-state index in [1.54, 1.807) is 12.0 Å². The maximum atomic E-state index is 12.3. The molecule has 1 amide bonds. The van der Waals surface area contributed by atoms with E-state index in [9.17, 15) is 4.79 Å². The first-order valence-electron chi connectivity index (χ1n) is 12.5. The van der Waals surface area contributed by atoms with Gasteiger partial charge in [-0.2, -0.15) is 0 Å². The lowest BCUT2D eigenvalue weighted by Crippen LogP contribution is -2.26. The van der Waals surface area contributed by atoms with E-state index in [1.807, 2.05) is 65.9 Å². The van der Waals surface area contributed by atoms with Crippen LogP contribution in [0.4, 0.5) is 0 Å². The number of rotatable bonds is 7. The average molecular weight is 456 g/mol. The number of carbonyl (C=O) groups excluding carboxylic acids is 1. The normalized spacial score (nSPS) is 10.2. The largest absolute Gasteiger partial charge is 0.497 e. The van der Waals surface area contributed by atoms with E-state index < -0.39 is 0 Å². The van der Waals surface area contributed by atoms with E-state index in [4.69, 9.17) is 4.74 Å². The van der Waals surface area contributed by atoms with E-state index in [0.29, 0.717) is 6.42 Å². The third-order valence-electron chi connectivity index (χ3n) is 5.29. The van der Waals surface area contributed by atoms with Crippen molar-refractivity contribution in [2.24, 2.45) is 0 Å². The maximum absolute atomic E-state index is 12.3. The molecule has 0 saturated heterocycles. The summed E-state index contributed by atoms with van der Waals surface area (Å²) >= 11 is 0. The van der Waals surface area contributed by atoms with Crippen molar-refractivity contribution in [3.63, 3.8) is 0 Å². The summed E-state index contributed by atoms with van der Waals surface area (Å²) in [6.45, 7) is 19.2. The van der Waals surface area contributed by atoms with Gasteiger partial charge in [-0.15, -0.1) is 0 Å². The van der Waals surface area contributed by atoms with Gasteiger partial charge in [0.1, 0.15) is 5.75 Å². The number of hydrogen-bond acceptors (Lipinski definition) is 2. The van der Waals surface area contributed by atoms with Gasteiger partial charge in [0, 0.05) is 13.6 Å². The molecular formula is C30H49NO2. The second-order valence-corrected chi connectivity index (χ2v) is 7.22. The Labute approximate surface area is 204 Å². The highest BCUT2D eigenvalue weighted by molar-refractivity contribution is 5.90. The number of aryl methyl sites for hydroxylation is 2. The predicted molar refractivity (Wildman–Crippen MR) is 147 cm³/mol. The van der Waals surface area contributed by atoms with Crippen molar-refractivity contribution in [3.8, 4) is 5.75 Å². The highest BCUT2D eigenvalue weighted by Gasteiger charge is 2.16. The molecule has 2 aromatic rings. The zero-order valence-electron chi connectivity index (χ0n) is 23.2. The number of ether oxygens (including phenoxy) is 1. The number of nitrogens with zero attached hydrogens (tertiary/aromatic N) is 1. The molecule has 3 heteroatoms. The van der Waals surface area contributed by atoms with Crippen LogP contribution in [0.1, 0.15) is 84.9 Å². The van der Waals surface area contributed by atoms with Crippen molar-refractivity contribution >= 4 is 11.5 Å². The van der Waals surface area contributed by atoms with Crippen LogP contribution in [0.5, 0.6) is 5.75 Å². The molecular weight excluding hydrogens is 406 g/mol. The summed E-state index contributed by atoms with van der Waals surface area (Å²) in [5.41, 5.74) is 6.08. The monoisotopic (exact) mass is 455 g/mol. The van der Waals surface area contributed by atoms with Crippen LogP contribution in [-0.4, -0.2) is 31.5 Å². The number of methoxy groups -OCH3 is 1. The van der Waals surface area contributed by atoms with Crippen LogP contribution < -0.4 is 4.74 Å². The molecule has 186 valence electrons. The van der Waals surface area contributed by atoms with Crippen molar-refractivity contribution in [1.29, 1.82) is 0 Å². The smallest absolute Gasteiger partial charge is 0.226 e. The zero-order valence-corrected chi connectivity index (χ0v) is 23.2. The third-order valence-corrected chi connectivity index (χ3v) is 5.29. The quantitative estimate of drug-likeness (QED) is 0.420. The molecule has 33 heavy (non-hydrogen) atoms. The van der Waals surface area contributed by atoms with Gasteiger partial charge in [-0.1, -0.05) is 83.5 Å². The van der Waals surface area contributed by atoms with Gasteiger partial charge in [0.15, 0.2) is 0 Å². The Bertz CT molecular complexity index is 794. The fraction of sp³-hybridized carbons (Fsp3) is 0.500. The molecule has 0 aliphatic carbocycles. The summed E-state index contributed by atoms with van der Waals surface area (Å²) in [4.78, 5) is 14.1. The molecule has 0 aromatic heterocycles. The molecule has 0 unspecified atom stereocenters. The topological polar surface area (TPSA) is 29.5 Å². The van der Waals surface area contributed by atoms with Gasteiger partial charge in [0.2, 0.25) is 5.91 Å². The molecule has 0 fully saturated rings. The Balaban J connectivity index is 0. The zero-order chi connectivity index (χ0) is 25.8. The van der Waals surface area contributed by atoms with Gasteiger partial charge in [-0.25, -0.2) is 0 Å². The average Bonchev–Trinajstić information content (AvgIpc) is 2.89. The fourth-order valence-electron chi connectivity index (χ4n) is 2.92. The Kier molecular flexibility index (Phi) is 19.9. The van der Waals surface area contributed by atoms with Crippen molar-refractivity contribution in [2.75, 3.05) is 20.7 Å². The molecule has 0 radical (unpaired) electrons. The molecule has 0 atom stereocenters. The lowest BCUT2D eigenvalue weighted by molar-refractivity contribution is -0.128. The van der Waals surface area contributed by atoms with Crippen LogP contribution in [-0.2, 0) is 11.2 Å². The lowest BCUT2D eigenvalue weighted by Gasteiger charge is -2.19. The molecule has 0 saturated carbocycles. The van der Waals surface area contributed by atoms with E-state index in [2.05, 4.69) is 52.0 Å². The Morgan fingerprint density at radius 2 is 1.52 bits per heavy atom. The number of carbonyl (C=O) groups is 1. The van der Waals surface area contributed by atoms with Gasteiger partial charge in [-0.05, 0) is 68.0 Å². The highest BCUT2D eigenvalue weighted by atomic mass is 16.5. The summed E-state index contributed by atoms with van der Waals surface area (Å²) in [6.07, 6.45) is 2.52. The number of benzene rings is 2. The molecule has 0 N–H and O–H groups in total. The van der Waals surface area contributed by atoms with Crippen LogP contribution in [0.2, 0.25) is 0 Å². The minimum absolute atomic E-state index is 0.155. The number of hydrogen-bond donors (Lipinski definition) is 0. The summed E-state index contributed by atoms with van der Waals surface area (Å²) in [7, 11) is 3.51. The second-order valence-electron chi connectivity index (χ2n) is 7.22. The van der Waals surface area contributed by atoms with Crippen molar-refractivity contribution in [1.82, 2.24) is 4.90 Å². The molecule has 2 rings (SSSR count). The van der Waals surface area contributed by atoms with Crippen molar-refractivity contribution in [2.45, 2.75) is 81.6 Å². The molecule has 0 heterocycles. The van der Waals surface area contributed by atoms with Crippen LogP contribution in [0, 0.1) is 6.92 Å². The molecule has 0 aliphatic heterocycles. The van der Waals surface area contributed by atoms with Crippen LogP contribution in [0.25, 0.3) is 5.57 Å². The fourth-order valence-corrected chi connectivity index (χ4v) is 2.92. The summed E-state index contributed by atoms with van der Waals surface area (Å²) in [6, 6.07) is 16.5. The van der Waals surface area contributed by atoms with Crippen LogP contribution in [0.15, 0.2) is 54.1 Å². The van der Waals surface area contributed by atoms with E-state index in [-0.39, 0.29) is 5.91 Å². The third kappa shape index (κ3) is 12.3. The number of amides is 1. The first-order valence-corrected chi connectivity index (χ1v) is 12.5. The van der Waals surface area contributed by atoms with E-state index in [0.717, 1.165) is 36.3 Å². The van der Waals surface area contributed by atoms with Gasteiger partial charge >= 0.3 is 0 Å². The Morgan fingerprint density at radius 3 is 1.94 bits per heavy atom. The summed E-state index contributed by atoms with van der Waals surface area (Å²) < 4.78 is 5.33. The maximum Gasteiger partial charge on any atom is 0.226 e. The molecule has 3 nitrogen and oxygen atoms in total. The van der Waals surface area contributed by atoms with Crippen molar-refractivity contribution in [3.05, 3.63) is 70.8 Å². The first kappa shape index (κ1) is 32.6. The molecule has 0 bridgehead atoms. The molecule has 2 aromatic carbocycles. The van der Waals surface area contributed by atoms with E-state index >= 15 is 0 Å². The molecule has 0 aliphatic rings. The SMILES string of the molecule is CC.CC.CC/C(C)=C(/CC(=O)N(C)CC)c1cc(OC)ccc1C.CCc1ccccc1. The van der Waals surface area contributed by atoms with Gasteiger partial charge in [0.25, 0.3) is 0 Å². The van der Waals surface area contributed by atoms with E-state index in [1.165, 1.54) is 16.7 Å². The van der Waals surface area contributed by atoms with Crippen LogP contribution in [0.3, 0.4) is 0 Å². The Morgan fingerprint density at radius 1 is 0.939 bits per heavy atom. The van der Waals surface area contributed by atoms with Gasteiger partial charge < -0.3 is 9.64 Å². The highest BCUT2D eigenvalue weighted by Crippen LogP contribution is 2.30. The summed E-state index contributed by atoms with van der Waals surface area (Å²) in [5.74, 6) is 0.982. The summed E-state index contributed by atoms with van der Waals surface area (Å²) in [5, 5.41) is 0. The first-order chi connectivity index (χ1) is 15.9. The standard InChI is InChI=1S/C18H27NO2.C8H10.2C2H6/c1-7-13(3)17(12-18(20)19(5)8-2)16-11-15(21-6)10-9-14(16)4;1-2-8-6-4-3-5-7-8;2*1-2/h9-11H,7-8,12H2,1-6H3;3-7H,2H2,1H3;2*1-2H3/b17-13-;;;. The van der Waals surface area contributed by atoms with Crippen molar-refractivity contribution < 1.29 is 9.53 Å². The Hall–Kier alpha value is -2.55. The minimum atomic E-state index is 0.155. The molecule has 0 spiro atoms.